The third-order valence-corrected chi connectivity index (χ3v) is 5.10. The van der Waals surface area contributed by atoms with Gasteiger partial charge in [0.05, 0.1) is 0 Å². The molecule has 3 nitrogen and oxygen atoms in total. The predicted octanol–water partition coefficient (Wildman–Crippen LogP) is 2.60. The fourth-order valence-electron chi connectivity index (χ4n) is 3.25. The lowest BCUT2D eigenvalue weighted by Gasteiger charge is -2.45. The van der Waals surface area contributed by atoms with Crippen LogP contribution < -0.4 is 5.32 Å². The second-order valence-electron chi connectivity index (χ2n) is 6.57. The number of likely N-dealkylation sites (N-methyl/N-ethyl adjacent to an activating group) is 1. The minimum Gasteiger partial charge on any atom is -0.508 e. The van der Waals surface area contributed by atoms with Gasteiger partial charge in [0.1, 0.15) is 5.75 Å². The zero-order valence-corrected chi connectivity index (χ0v) is 13.2. The maximum absolute atomic E-state index is 9.73. The number of nitrogens with zero attached hydrogens (tertiary/aromatic N) is 1. The lowest BCUT2D eigenvalue weighted by molar-refractivity contribution is 0.104. The van der Waals surface area contributed by atoms with E-state index in [2.05, 4.69) is 37.1 Å². The van der Waals surface area contributed by atoms with Crippen molar-refractivity contribution >= 4 is 0 Å². The monoisotopic (exact) mass is 276 g/mol. The van der Waals surface area contributed by atoms with Gasteiger partial charge in [-0.1, -0.05) is 26.0 Å². The van der Waals surface area contributed by atoms with E-state index in [4.69, 9.17) is 0 Å². The largest absolute Gasteiger partial charge is 0.508 e. The first-order chi connectivity index (χ1) is 9.45. The summed E-state index contributed by atoms with van der Waals surface area (Å²) in [6, 6.07) is 8.33. The first-order valence-electron chi connectivity index (χ1n) is 7.65. The molecule has 20 heavy (non-hydrogen) atoms. The summed E-state index contributed by atoms with van der Waals surface area (Å²) in [5.74, 6) is 0.962. The number of aromatic hydroxyl groups is 1. The molecule has 1 aromatic carbocycles. The summed E-state index contributed by atoms with van der Waals surface area (Å²) in [4.78, 5) is 2.55. The molecule has 1 aliphatic rings. The quantitative estimate of drug-likeness (QED) is 0.887. The highest BCUT2D eigenvalue weighted by Crippen LogP contribution is 2.40. The van der Waals surface area contributed by atoms with Crippen LogP contribution in [0.3, 0.4) is 0 Å². The molecule has 0 amide bonds. The summed E-state index contributed by atoms with van der Waals surface area (Å²) >= 11 is 0. The smallest absolute Gasteiger partial charge is 0.115 e. The van der Waals surface area contributed by atoms with Gasteiger partial charge in [0, 0.05) is 19.1 Å². The van der Waals surface area contributed by atoms with Crippen molar-refractivity contribution in [2.45, 2.75) is 38.6 Å². The van der Waals surface area contributed by atoms with Crippen LogP contribution in [0.2, 0.25) is 0 Å². The van der Waals surface area contributed by atoms with Gasteiger partial charge in [0.2, 0.25) is 0 Å². The molecule has 0 spiro atoms. The molecular weight excluding hydrogens is 248 g/mol. The Morgan fingerprint density at radius 1 is 1.50 bits per heavy atom. The van der Waals surface area contributed by atoms with Crippen molar-refractivity contribution in [2.75, 3.05) is 26.7 Å². The topological polar surface area (TPSA) is 35.5 Å². The number of hydrogen-bond donors (Lipinski definition) is 2. The van der Waals surface area contributed by atoms with Crippen LogP contribution in [0.4, 0.5) is 0 Å². The third kappa shape index (κ3) is 3.15. The lowest BCUT2D eigenvalue weighted by Crippen LogP contribution is -2.50. The molecule has 0 bridgehead atoms. The highest BCUT2D eigenvalue weighted by atomic mass is 16.3. The molecule has 1 aliphatic heterocycles. The maximum Gasteiger partial charge on any atom is 0.115 e. The summed E-state index contributed by atoms with van der Waals surface area (Å²) in [5.41, 5.74) is 1.43. The first-order valence-corrected chi connectivity index (χ1v) is 7.65. The fourth-order valence-corrected chi connectivity index (χ4v) is 3.25. The fraction of sp³-hybridized carbons (Fsp3) is 0.647. The van der Waals surface area contributed by atoms with Crippen molar-refractivity contribution in [2.24, 2.45) is 5.92 Å². The van der Waals surface area contributed by atoms with E-state index in [0.29, 0.717) is 17.7 Å². The van der Waals surface area contributed by atoms with Gasteiger partial charge in [-0.25, -0.2) is 0 Å². The molecule has 0 aliphatic carbocycles. The molecule has 0 unspecified atom stereocenters. The molecule has 1 fully saturated rings. The molecule has 3 heteroatoms. The van der Waals surface area contributed by atoms with Gasteiger partial charge >= 0.3 is 0 Å². The molecule has 3 atom stereocenters. The average molecular weight is 276 g/mol. The number of benzene rings is 1. The molecule has 112 valence electrons. The molecule has 1 aromatic rings. The standard InChI is InChI=1S/C17H28N2O/c1-13-11-19(12-14(2)18-4)9-8-17(13,3)15-6-5-7-16(20)10-15/h5-7,10,13-14,18,20H,8-9,11-12H2,1-4H3/t13-,14-,17+/m0/s1. The van der Waals surface area contributed by atoms with Crippen molar-refractivity contribution in [3.63, 3.8) is 0 Å². The Morgan fingerprint density at radius 2 is 2.25 bits per heavy atom. The van der Waals surface area contributed by atoms with Crippen LogP contribution >= 0.6 is 0 Å². The van der Waals surface area contributed by atoms with Crippen LogP contribution in [0.5, 0.6) is 5.75 Å². The molecule has 2 N–H and O–H groups in total. The average Bonchev–Trinajstić information content (AvgIpc) is 2.43. The van der Waals surface area contributed by atoms with Crippen molar-refractivity contribution in [3.05, 3.63) is 29.8 Å². The summed E-state index contributed by atoms with van der Waals surface area (Å²) in [6.45, 7) is 10.3. The molecule has 0 saturated carbocycles. The van der Waals surface area contributed by atoms with E-state index in [-0.39, 0.29) is 5.41 Å². The van der Waals surface area contributed by atoms with Gasteiger partial charge < -0.3 is 15.3 Å². The van der Waals surface area contributed by atoms with E-state index in [0.717, 1.165) is 26.1 Å². The molecule has 0 aromatic heterocycles. The summed E-state index contributed by atoms with van der Waals surface area (Å²) in [6.07, 6.45) is 1.15. The zero-order valence-electron chi connectivity index (χ0n) is 13.2. The number of rotatable bonds is 4. The van der Waals surface area contributed by atoms with Crippen LogP contribution in [0.1, 0.15) is 32.8 Å². The van der Waals surface area contributed by atoms with Crippen molar-refractivity contribution < 1.29 is 5.11 Å². The van der Waals surface area contributed by atoms with Crippen molar-refractivity contribution in [3.8, 4) is 5.75 Å². The van der Waals surface area contributed by atoms with Crippen molar-refractivity contribution in [1.82, 2.24) is 10.2 Å². The Bertz CT molecular complexity index is 448. The van der Waals surface area contributed by atoms with E-state index >= 15 is 0 Å². The maximum atomic E-state index is 9.73. The number of likely N-dealkylation sites (tertiary alicyclic amines) is 1. The molecular formula is C17H28N2O. The van der Waals surface area contributed by atoms with Crippen LogP contribution in [-0.2, 0) is 5.41 Å². The van der Waals surface area contributed by atoms with E-state index < -0.39 is 0 Å². The Labute approximate surface area is 123 Å². The Kier molecular flexibility index (Phi) is 4.71. The minimum absolute atomic E-state index is 0.165. The third-order valence-electron chi connectivity index (χ3n) is 5.10. The Hall–Kier alpha value is -1.06. The predicted molar refractivity (Wildman–Crippen MR) is 84.2 cm³/mol. The van der Waals surface area contributed by atoms with Crippen LogP contribution in [0.25, 0.3) is 0 Å². The number of piperidine rings is 1. The van der Waals surface area contributed by atoms with Gasteiger partial charge in [-0.15, -0.1) is 0 Å². The van der Waals surface area contributed by atoms with Crippen LogP contribution in [0.15, 0.2) is 24.3 Å². The van der Waals surface area contributed by atoms with E-state index in [9.17, 15) is 5.11 Å². The number of phenols is 1. The van der Waals surface area contributed by atoms with Gasteiger partial charge in [-0.3, -0.25) is 0 Å². The van der Waals surface area contributed by atoms with E-state index in [1.165, 1.54) is 5.56 Å². The van der Waals surface area contributed by atoms with Crippen LogP contribution in [-0.4, -0.2) is 42.7 Å². The van der Waals surface area contributed by atoms with Gasteiger partial charge in [-0.05, 0) is 56.0 Å². The first kappa shape index (κ1) is 15.3. The molecule has 1 saturated heterocycles. The van der Waals surface area contributed by atoms with Gasteiger partial charge in [0.25, 0.3) is 0 Å². The Balaban J connectivity index is 2.08. The molecule has 1 heterocycles. The number of hydrogen-bond acceptors (Lipinski definition) is 3. The zero-order chi connectivity index (χ0) is 14.8. The second kappa shape index (κ2) is 6.15. The Morgan fingerprint density at radius 3 is 2.85 bits per heavy atom. The number of phenolic OH excluding ortho intramolecular Hbond substituents is 1. The van der Waals surface area contributed by atoms with Crippen LogP contribution in [0, 0.1) is 5.92 Å². The van der Waals surface area contributed by atoms with E-state index in [1.807, 2.05) is 19.2 Å². The number of nitrogens with one attached hydrogen (secondary N) is 1. The highest BCUT2D eigenvalue weighted by Gasteiger charge is 2.38. The van der Waals surface area contributed by atoms with Gasteiger partial charge in [0.15, 0.2) is 0 Å². The van der Waals surface area contributed by atoms with E-state index in [1.54, 1.807) is 6.07 Å². The lowest BCUT2D eigenvalue weighted by atomic mass is 9.68. The molecule has 0 radical (unpaired) electrons. The summed E-state index contributed by atoms with van der Waals surface area (Å²) in [5, 5.41) is 13.0. The SMILES string of the molecule is CN[C@@H](C)CN1CC[C@@](C)(c2cccc(O)c2)[C@@H](C)C1. The second-order valence-corrected chi connectivity index (χ2v) is 6.57. The minimum atomic E-state index is 0.165. The summed E-state index contributed by atoms with van der Waals surface area (Å²) in [7, 11) is 2.02. The molecule has 2 rings (SSSR count). The summed E-state index contributed by atoms with van der Waals surface area (Å²) < 4.78 is 0. The van der Waals surface area contributed by atoms with Crippen molar-refractivity contribution in [1.29, 1.82) is 0 Å². The normalized spacial score (nSPS) is 29.3. The highest BCUT2D eigenvalue weighted by molar-refractivity contribution is 5.33. The van der Waals surface area contributed by atoms with Gasteiger partial charge in [-0.2, -0.15) is 0 Å².